The Balaban J connectivity index is 0.00000128. The van der Waals surface area contributed by atoms with Crippen LogP contribution in [-0.4, -0.2) is 22.1 Å². The van der Waals surface area contributed by atoms with Crippen LogP contribution in [0.4, 0.5) is 0 Å². The number of nitrogens with zero attached hydrogens (tertiary/aromatic N) is 2. The minimum absolute atomic E-state index is 0. The van der Waals surface area contributed by atoms with E-state index < -0.39 is 0 Å². The Hall–Kier alpha value is -1.63. The molecule has 0 atom stereocenters. The number of rotatable bonds is 1. The Bertz CT molecular complexity index is 488. The molecule has 0 aliphatic carbocycles. The van der Waals surface area contributed by atoms with Crippen molar-refractivity contribution in [1.82, 2.24) is 15.4 Å². The quantitative estimate of drug-likeness (QED) is 0.272. The first kappa shape index (κ1) is 15.4. The SMILES string of the molecule is Cl.Cl.N=C(N=Cc1cc2ccncc2[nH]1)NN. The number of nitrogens with two attached hydrogens (primary N) is 1. The van der Waals surface area contributed by atoms with E-state index in [-0.39, 0.29) is 30.8 Å². The van der Waals surface area contributed by atoms with Gasteiger partial charge in [0, 0.05) is 11.6 Å². The predicted octanol–water partition coefficient (Wildman–Crippen LogP) is 1.22. The molecule has 0 saturated carbocycles. The number of halogens is 2. The molecule has 92 valence electrons. The van der Waals surface area contributed by atoms with Gasteiger partial charge in [-0.1, -0.05) is 0 Å². The summed E-state index contributed by atoms with van der Waals surface area (Å²) in [5.74, 6) is 4.91. The van der Waals surface area contributed by atoms with Crippen molar-refractivity contribution in [2.24, 2.45) is 10.8 Å². The second-order valence-corrected chi connectivity index (χ2v) is 2.94. The van der Waals surface area contributed by atoms with Gasteiger partial charge in [0.05, 0.1) is 23.6 Å². The number of aromatic amines is 1. The summed E-state index contributed by atoms with van der Waals surface area (Å²) in [6, 6.07) is 3.82. The summed E-state index contributed by atoms with van der Waals surface area (Å²) in [7, 11) is 0. The van der Waals surface area contributed by atoms with Crippen LogP contribution in [0.2, 0.25) is 0 Å². The van der Waals surface area contributed by atoms with Crippen LogP contribution in [0.1, 0.15) is 5.69 Å². The monoisotopic (exact) mass is 274 g/mol. The standard InChI is InChI=1S/C9H10N6.2ClH/c10-9(15-11)13-4-7-3-6-1-2-12-5-8(6)14-7;;/h1-5,14H,11H2,(H2,10,15);2*1H. The van der Waals surface area contributed by atoms with Gasteiger partial charge in [-0.15, -0.1) is 24.8 Å². The molecular weight excluding hydrogens is 263 g/mol. The smallest absolute Gasteiger partial charge is 0.229 e. The molecule has 17 heavy (non-hydrogen) atoms. The van der Waals surface area contributed by atoms with E-state index in [1.54, 1.807) is 12.4 Å². The van der Waals surface area contributed by atoms with Gasteiger partial charge >= 0.3 is 0 Å². The van der Waals surface area contributed by atoms with Crippen molar-refractivity contribution < 1.29 is 0 Å². The van der Waals surface area contributed by atoms with Crippen LogP contribution in [0.3, 0.4) is 0 Å². The molecule has 0 aliphatic rings. The lowest BCUT2D eigenvalue weighted by Crippen LogP contribution is -2.27. The summed E-state index contributed by atoms with van der Waals surface area (Å²) < 4.78 is 0. The minimum atomic E-state index is -0.0909. The van der Waals surface area contributed by atoms with Crippen molar-refractivity contribution in [3.8, 4) is 0 Å². The normalized spacial score (nSPS) is 9.71. The fraction of sp³-hybridized carbons (Fsp3) is 0. The van der Waals surface area contributed by atoms with Crippen molar-refractivity contribution >= 4 is 47.9 Å². The Morgan fingerprint density at radius 3 is 2.94 bits per heavy atom. The van der Waals surface area contributed by atoms with Gasteiger partial charge in [0.1, 0.15) is 0 Å². The molecule has 0 amide bonds. The van der Waals surface area contributed by atoms with Crippen LogP contribution in [0.5, 0.6) is 0 Å². The number of aliphatic imine (C=N–C) groups is 1. The van der Waals surface area contributed by atoms with Crippen molar-refractivity contribution in [1.29, 1.82) is 5.41 Å². The molecule has 0 radical (unpaired) electrons. The highest BCUT2D eigenvalue weighted by atomic mass is 35.5. The zero-order chi connectivity index (χ0) is 10.7. The highest BCUT2D eigenvalue weighted by Gasteiger charge is 1.97. The number of pyridine rings is 1. The molecule has 2 aromatic heterocycles. The highest BCUT2D eigenvalue weighted by molar-refractivity contribution is 5.94. The lowest BCUT2D eigenvalue weighted by atomic mass is 10.3. The predicted molar refractivity (Wildman–Crippen MR) is 73.2 cm³/mol. The molecule has 0 bridgehead atoms. The molecule has 2 rings (SSSR count). The number of nitrogens with one attached hydrogen (secondary N) is 3. The Morgan fingerprint density at radius 1 is 1.53 bits per heavy atom. The molecule has 0 unspecified atom stereocenters. The van der Waals surface area contributed by atoms with Crippen molar-refractivity contribution in [2.45, 2.75) is 0 Å². The number of hydrazine groups is 1. The van der Waals surface area contributed by atoms with Crippen LogP contribution in [0, 0.1) is 5.41 Å². The van der Waals surface area contributed by atoms with Gasteiger partial charge in [-0.2, -0.15) is 0 Å². The summed E-state index contributed by atoms with van der Waals surface area (Å²) >= 11 is 0. The van der Waals surface area contributed by atoms with Gasteiger partial charge in [0.15, 0.2) is 0 Å². The number of H-pyrrole nitrogens is 1. The van der Waals surface area contributed by atoms with Crippen LogP contribution in [0.25, 0.3) is 10.9 Å². The van der Waals surface area contributed by atoms with Crippen LogP contribution < -0.4 is 11.3 Å². The first-order valence-corrected chi connectivity index (χ1v) is 4.31. The van der Waals surface area contributed by atoms with E-state index in [2.05, 4.69) is 20.4 Å². The summed E-state index contributed by atoms with van der Waals surface area (Å²) in [5, 5.41) is 8.22. The molecule has 0 spiro atoms. The van der Waals surface area contributed by atoms with Crippen LogP contribution in [0.15, 0.2) is 29.5 Å². The number of hydrogen-bond donors (Lipinski definition) is 4. The molecule has 0 fully saturated rings. The number of guanidine groups is 1. The van der Waals surface area contributed by atoms with Gasteiger partial charge in [0.2, 0.25) is 5.96 Å². The second-order valence-electron chi connectivity index (χ2n) is 2.94. The Kier molecular flexibility index (Phi) is 6.19. The maximum Gasteiger partial charge on any atom is 0.229 e. The fourth-order valence-electron chi connectivity index (χ4n) is 1.24. The first-order chi connectivity index (χ1) is 7.29. The van der Waals surface area contributed by atoms with Crippen molar-refractivity contribution in [3.05, 3.63) is 30.2 Å². The van der Waals surface area contributed by atoms with Gasteiger partial charge in [-0.25, -0.2) is 10.8 Å². The van der Waals surface area contributed by atoms with E-state index in [0.717, 1.165) is 16.6 Å². The zero-order valence-corrected chi connectivity index (χ0v) is 10.3. The minimum Gasteiger partial charge on any atom is -0.352 e. The summed E-state index contributed by atoms with van der Waals surface area (Å²) in [4.78, 5) is 10.9. The molecule has 5 N–H and O–H groups in total. The van der Waals surface area contributed by atoms with E-state index in [4.69, 9.17) is 11.3 Å². The number of hydrogen-bond acceptors (Lipinski definition) is 3. The summed E-state index contributed by atoms with van der Waals surface area (Å²) in [5.41, 5.74) is 3.87. The van der Waals surface area contributed by atoms with E-state index in [1.807, 2.05) is 12.1 Å². The Labute approximate surface area is 110 Å². The molecule has 0 saturated heterocycles. The molecule has 8 heteroatoms. The number of aromatic nitrogens is 2. The van der Waals surface area contributed by atoms with Gasteiger partial charge < -0.3 is 4.98 Å². The van der Waals surface area contributed by atoms with Gasteiger partial charge in [0.25, 0.3) is 0 Å². The van der Waals surface area contributed by atoms with Crippen LogP contribution >= 0.6 is 24.8 Å². The van der Waals surface area contributed by atoms with E-state index in [1.165, 1.54) is 6.21 Å². The maximum absolute atomic E-state index is 7.16. The lowest BCUT2D eigenvalue weighted by Gasteiger charge is -1.91. The third kappa shape index (κ3) is 3.70. The van der Waals surface area contributed by atoms with Gasteiger partial charge in [-0.3, -0.25) is 15.8 Å². The summed E-state index contributed by atoms with van der Waals surface area (Å²) in [6.07, 6.45) is 4.99. The highest BCUT2D eigenvalue weighted by Crippen LogP contribution is 2.11. The lowest BCUT2D eigenvalue weighted by molar-refractivity contribution is 0.996. The number of fused-ring (bicyclic) bond motifs is 1. The van der Waals surface area contributed by atoms with Crippen molar-refractivity contribution in [2.75, 3.05) is 0 Å². The third-order valence-electron chi connectivity index (χ3n) is 1.91. The first-order valence-electron chi connectivity index (χ1n) is 4.31. The Morgan fingerprint density at radius 2 is 2.29 bits per heavy atom. The molecule has 6 nitrogen and oxygen atoms in total. The molecule has 2 aromatic rings. The van der Waals surface area contributed by atoms with Gasteiger partial charge in [-0.05, 0) is 12.1 Å². The van der Waals surface area contributed by atoms with E-state index in [0.29, 0.717) is 0 Å². The average molecular weight is 275 g/mol. The maximum atomic E-state index is 7.16. The third-order valence-corrected chi connectivity index (χ3v) is 1.91. The summed E-state index contributed by atoms with van der Waals surface area (Å²) in [6.45, 7) is 0. The van der Waals surface area contributed by atoms with E-state index in [9.17, 15) is 0 Å². The topological polar surface area (TPSA) is 103 Å². The largest absolute Gasteiger partial charge is 0.352 e. The average Bonchev–Trinajstić information content (AvgIpc) is 2.68. The second kappa shape index (κ2) is 6.85. The molecule has 0 aromatic carbocycles. The van der Waals surface area contributed by atoms with Crippen LogP contribution in [-0.2, 0) is 0 Å². The van der Waals surface area contributed by atoms with Crippen molar-refractivity contribution in [3.63, 3.8) is 0 Å². The molecule has 0 aliphatic heterocycles. The fourth-order valence-corrected chi connectivity index (χ4v) is 1.24. The molecule has 2 heterocycles. The molecular formula is C9H12Cl2N6. The van der Waals surface area contributed by atoms with E-state index >= 15 is 0 Å². The zero-order valence-electron chi connectivity index (χ0n) is 8.68.